The number of nitrogens with zero attached hydrogens (tertiary/aromatic N) is 2. The zero-order valence-electron chi connectivity index (χ0n) is 13.9. The van der Waals surface area contributed by atoms with E-state index in [1.165, 1.54) is 6.92 Å². The lowest BCUT2D eigenvalue weighted by Gasteiger charge is -2.21. The standard InChI is InChI=1S/C18H21N3O3/c1-14(22)21(16-4-3-5-17(12-16)24-2)11-8-18(23)20-13-15-6-9-19-10-7-15/h3-7,9-10,12H,8,11,13H2,1-2H3,(H,20,23). The molecular formula is C18H21N3O3. The SMILES string of the molecule is COc1cccc(N(CCC(=O)NCc2ccncc2)C(C)=O)c1. The number of hydrogen-bond donors (Lipinski definition) is 1. The number of pyridine rings is 1. The van der Waals surface area contributed by atoms with Gasteiger partial charge in [0.25, 0.3) is 0 Å². The molecule has 1 N–H and O–H groups in total. The molecule has 2 aromatic rings. The molecule has 0 atom stereocenters. The molecule has 126 valence electrons. The Morgan fingerprint density at radius 2 is 1.96 bits per heavy atom. The minimum Gasteiger partial charge on any atom is -0.497 e. The van der Waals surface area contributed by atoms with Crippen LogP contribution in [0.3, 0.4) is 0 Å². The van der Waals surface area contributed by atoms with Crippen molar-refractivity contribution in [3.63, 3.8) is 0 Å². The average Bonchev–Trinajstić information content (AvgIpc) is 2.61. The van der Waals surface area contributed by atoms with E-state index in [1.54, 1.807) is 30.5 Å². The summed E-state index contributed by atoms with van der Waals surface area (Å²) in [6.45, 7) is 2.24. The number of rotatable bonds is 7. The zero-order chi connectivity index (χ0) is 17.4. The first kappa shape index (κ1) is 17.5. The van der Waals surface area contributed by atoms with Gasteiger partial charge in [0, 0.05) is 50.6 Å². The van der Waals surface area contributed by atoms with Crippen LogP contribution in [0.15, 0.2) is 48.8 Å². The summed E-state index contributed by atoms with van der Waals surface area (Å²) >= 11 is 0. The van der Waals surface area contributed by atoms with Gasteiger partial charge in [-0.05, 0) is 29.8 Å². The lowest BCUT2D eigenvalue weighted by Crippen LogP contribution is -2.33. The minimum atomic E-state index is -0.120. The molecule has 2 amide bonds. The molecule has 0 fully saturated rings. The second-order valence-electron chi connectivity index (χ2n) is 5.25. The Morgan fingerprint density at radius 3 is 2.62 bits per heavy atom. The van der Waals surface area contributed by atoms with Crippen molar-refractivity contribution in [1.29, 1.82) is 0 Å². The number of hydrogen-bond acceptors (Lipinski definition) is 4. The summed E-state index contributed by atoms with van der Waals surface area (Å²) in [7, 11) is 1.57. The predicted octanol–water partition coefficient (Wildman–Crippen LogP) is 2.15. The van der Waals surface area contributed by atoms with E-state index in [-0.39, 0.29) is 18.2 Å². The number of methoxy groups -OCH3 is 1. The fourth-order valence-electron chi connectivity index (χ4n) is 2.25. The average molecular weight is 327 g/mol. The molecule has 0 aliphatic carbocycles. The fraction of sp³-hybridized carbons (Fsp3) is 0.278. The maximum Gasteiger partial charge on any atom is 0.223 e. The van der Waals surface area contributed by atoms with Gasteiger partial charge >= 0.3 is 0 Å². The van der Waals surface area contributed by atoms with Gasteiger partial charge in [-0.2, -0.15) is 0 Å². The Morgan fingerprint density at radius 1 is 1.21 bits per heavy atom. The predicted molar refractivity (Wildman–Crippen MR) is 91.7 cm³/mol. The topological polar surface area (TPSA) is 71.5 Å². The summed E-state index contributed by atoms with van der Waals surface area (Å²) < 4.78 is 5.18. The van der Waals surface area contributed by atoms with Crippen molar-refractivity contribution in [3.05, 3.63) is 54.4 Å². The van der Waals surface area contributed by atoms with Crippen LogP contribution in [0.4, 0.5) is 5.69 Å². The molecule has 0 saturated carbocycles. The highest BCUT2D eigenvalue weighted by atomic mass is 16.5. The van der Waals surface area contributed by atoms with Crippen LogP contribution in [-0.2, 0) is 16.1 Å². The Labute approximate surface area is 141 Å². The minimum absolute atomic E-state index is 0.110. The monoisotopic (exact) mass is 327 g/mol. The molecule has 6 nitrogen and oxygen atoms in total. The van der Waals surface area contributed by atoms with Gasteiger partial charge in [0.1, 0.15) is 5.75 Å². The highest BCUT2D eigenvalue weighted by molar-refractivity contribution is 5.92. The Hall–Kier alpha value is -2.89. The van der Waals surface area contributed by atoms with Gasteiger partial charge in [-0.25, -0.2) is 0 Å². The first-order valence-electron chi connectivity index (χ1n) is 7.68. The molecule has 24 heavy (non-hydrogen) atoms. The van der Waals surface area contributed by atoms with Crippen LogP contribution in [0, 0.1) is 0 Å². The summed E-state index contributed by atoms with van der Waals surface area (Å²) in [6.07, 6.45) is 3.59. The van der Waals surface area contributed by atoms with E-state index in [2.05, 4.69) is 10.3 Å². The number of aromatic nitrogens is 1. The summed E-state index contributed by atoms with van der Waals surface area (Å²) in [5, 5.41) is 2.84. The van der Waals surface area contributed by atoms with E-state index in [1.807, 2.05) is 30.3 Å². The summed E-state index contributed by atoms with van der Waals surface area (Å²) in [5.74, 6) is 0.437. The van der Waals surface area contributed by atoms with Crippen LogP contribution in [-0.4, -0.2) is 30.5 Å². The van der Waals surface area contributed by atoms with Crippen molar-refractivity contribution in [2.45, 2.75) is 19.9 Å². The van der Waals surface area contributed by atoms with E-state index >= 15 is 0 Å². The first-order chi connectivity index (χ1) is 11.6. The molecule has 0 bridgehead atoms. The number of benzene rings is 1. The lowest BCUT2D eigenvalue weighted by molar-refractivity contribution is -0.121. The van der Waals surface area contributed by atoms with Crippen molar-refractivity contribution >= 4 is 17.5 Å². The number of anilines is 1. The highest BCUT2D eigenvalue weighted by Gasteiger charge is 2.14. The molecule has 0 radical (unpaired) electrons. The summed E-state index contributed by atoms with van der Waals surface area (Å²) in [5.41, 5.74) is 1.69. The van der Waals surface area contributed by atoms with E-state index < -0.39 is 0 Å². The quantitative estimate of drug-likeness (QED) is 0.846. The molecule has 2 rings (SSSR count). The van der Waals surface area contributed by atoms with Crippen LogP contribution < -0.4 is 15.0 Å². The fourth-order valence-corrected chi connectivity index (χ4v) is 2.25. The number of amides is 2. The van der Waals surface area contributed by atoms with E-state index in [0.717, 1.165) is 5.56 Å². The molecule has 0 unspecified atom stereocenters. The van der Waals surface area contributed by atoms with E-state index in [9.17, 15) is 9.59 Å². The normalized spacial score (nSPS) is 10.1. The van der Waals surface area contributed by atoms with Crippen LogP contribution in [0.25, 0.3) is 0 Å². The number of ether oxygens (including phenoxy) is 1. The van der Waals surface area contributed by atoms with Crippen molar-refractivity contribution in [1.82, 2.24) is 10.3 Å². The van der Waals surface area contributed by atoms with E-state index in [4.69, 9.17) is 4.74 Å². The first-order valence-corrected chi connectivity index (χ1v) is 7.68. The molecule has 0 saturated heterocycles. The van der Waals surface area contributed by atoms with Gasteiger partial charge in [-0.15, -0.1) is 0 Å². The molecule has 0 aliphatic rings. The smallest absolute Gasteiger partial charge is 0.223 e. The van der Waals surface area contributed by atoms with Crippen molar-refractivity contribution < 1.29 is 14.3 Å². The second-order valence-corrected chi connectivity index (χ2v) is 5.25. The highest BCUT2D eigenvalue weighted by Crippen LogP contribution is 2.21. The van der Waals surface area contributed by atoms with Crippen molar-refractivity contribution in [3.8, 4) is 5.75 Å². The second kappa shape index (κ2) is 8.67. The Kier molecular flexibility index (Phi) is 6.31. The summed E-state index contributed by atoms with van der Waals surface area (Å²) in [4.78, 5) is 29.4. The Balaban J connectivity index is 1.91. The van der Waals surface area contributed by atoms with Crippen LogP contribution in [0.2, 0.25) is 0 Å². The zero-order valence-corrected chi connectivity index (χ0v) is 13.9. The molecule has 0 aliphatic heterocycles. The van der Waals surface area contributed by atoms with Gasteiger partial charge in [0.2, 0.25) is 11.8 Å². The molecule has 1 aromatic heterocycles. The molecule has 1 aromatic carbocycles. The largest absolute Gasteiger partial charge is 0.497 e. The van der Waals surface area contributed by atoms with Crippen LogP contribution in [0.1, 0.15) is 18.9 Å². The maximum absolute atomic E-state index is 12.0. The Bertz CT molecular complexity index is 689. The van der Waals surface area contributed by atoms with Gasteiger partial charge in [-0.3, -0.25) is 14.6 Å². The van der Waals surface area contributed by atoms with Crippen molar-refractivity contribution in [2.24, 2.45) is 0 Å². The maximum atomic E-state index is 12.0. The third-order valence-corrected chi connectivity index (χ3v) is 3.55. The number of nitrogens with one attached hydrogen (secondary N) is 1. The third-order valence-electron chi connectivity index (χ3n) is 3.55. The van der Waals surface area contributed by atoms with Crippen LogP contribution >= 0.6 is 0 Å². The van der Waals surface area contributed by atoms with Gasteiger partial charge < -0.3 is 15.0 Å². The third kappa shape index (κ3) is 5.08. The van der Waals surface area contributed by atoms with E-state index in [0.29, 0.717) is 24.5 Å². The number of carbonyl (C=O) groups is 2. The molecule has 0 spiro atoms. The van der Waals surface area contributed by atoms with Gasteiger partial charge in [0.05, 0.1) is 7.11 Å². The summed E-state index contributed by atoms with van der Waals surface area (Å²) in [6, 6.07) is 10.9. The molecule has 1 heterocycles. The number of carbonyl (C=O) groups excluding carboxylic acids is 2. The molecular weight excluding hydrogens is 306 g/mol. The van der Waals surface area contributed by atoms with Crippen molar-refractivity contribution in [2.75, 3.05) is 18.6 Å². The van der Waals surface area contributed by atoms with Crippen LogP contribution in [0.5, 0.6) is 5.75 Å². The molecule has 6 heteroatoms. The van der Waals surface area contributed by atoms with Gasteiger partial charge in [0.15, 0.2) is 0 Å². The van der Waals surface area contributed by atoms with Gasteiger partial charge in [-0.1, -0.05) is 6.07 Å². The lowest BCUT2D eigenvalue weighted by atomic mass is 10.2.